The smallest absolute Gasteiger partial charge is 0.255 e. The van der Waals surface area contributed by atoms with Gasteiger partial charge in [0.15, 0.2) is 0 Å². The minimum absolute atomic E-state index is 0.108. The molecule has 0 radical (unpaired) electrons. The number of nitrogens with one attached hydrogen (secondary N) is 1. The maximum atomic E-state index is 12.0. The molecule has 0 unspecified atom stereocenters. The van der Waals surface area contributed by atoms with Gasteiger partial charge in [-0.1, -0.05) is 34.8 Å². The van der Waals surface area contributed by atoms with Crippen LogP contribution in [0.2, 0.25) is 15.1 Å². The molecule has 0 bridgehead atoms. The molecule has 0 fully saturated rings. The predicted molar refractivity (Wildman–Crippen MR) is 77.5 cm³/mol. The van der Waals surface area contributed by atoms with E-state index in [-0.39, 0.29) is 16.7 Å². The maximum Gasteiger partial charge on any atom is 0.255 e. The Kier molecular flexibility index (Phi) is 4.20. The third kappa shape index (κ3) is 3.53. The van der Waals surface area contributed by atoms with Crippen LogP contribution in [0, 0.1) is 0 Å². The van der Waals surface area contributed by atoms with Gasteiger partial charge in [0, 0.05) is 27.4 Å². The first-order valence-electron chi connectivity index (χ1n) is 5.21. The molecule has 0 aliphatic carbocycles. The second kappa shape index (κ2) is 5.70. The van der Waals surface area contributed by atoms with Crippen molar-refractivity contribution in [3.05, 3.63) is 57.0 Å². The zero-order valence-corrected chi connectivity index (χ0v) is 11.7. The highest BCUT2D eigenvalue weighted by Gasteiger charge is 2.09. The van der Waals surface area contributed by atoms with E-state index < -0.39 is 0 Å². The lowest BCUT2D eigenvalue weighted by Crippen LogP contribution is -2.11. The summed E-state index contributed by atoms with van der Waals surface area (Å²) in [6.45, 7) is 0. The monoisotopic (exact) mass is 315 g/mol. The Hall–Kier alpha value is -1.42. The van der Waals surface area contributed by atoms with E-state index in [1.807, 2.05) is 0 Å². The van der Waals surface area contributed by atoms with Gasteiger partial charge in [0.05, 0.1) is 5.02 Å². The molecule has 0 aliphatic heterocycles. The molecule has 3 nitrogen and oxygen atoms in total. The number of phenolic OH excluding ortho intramolecular Hbond substituents is 1. The molecule has 0 saturated carbocycles. The average Bonchev–Trinajstić information content (AvgIpc) is 2.32. The number of hydrogen-bond acceptors (Lipinski definition) is 2. The van der Waals surface area contributed by atoms with Crippen LogP contribution in [0.4, 0.5) is 5.69 Å². The summed E-state index contributed by atoms with van der Waals surface area (Å²) in [7, 11) is 0. The predicted octanol–water partition coefficient (Wildman–Crippen LogP) is 4.60. The average molecular weight is 317 g/mol. The number of rotatable bonds is 2. The van der Waals surface area contributed by atoms with Gasteiger partial charge in [-0.05, 0) is 30.3 Å². The van der Waals surface area contributed by atoms with Crippen LogP contribution < -0.4 is 5.32 Å². The molecule has 19 heavy (non-hydrogen) atoms. The van der Waals surface area contributed by atoms with Crippen LogP contribution in [0.3, 0.4) is 0 Å². The Morgan fingerprint density at radius 3 is 2.21 bits per heavy atom. The molecule has 1 amide bonds. The van der Waals surface area contributed by atoms with Gasteiger partial charge in [0.2, 0.25) is 0 Å². The summed E-state index contributed by atoms with van der Waals surface area (Å²) >= 11 is 17.3. The number of halogens is 3. The van der Waals surface area contributed by atoms with Gasteiger partial charge in [-0.2, -0.15) is 0 Å². The molecular formula is C13H8Cl3NO2. The van der Waals surface area contributed by atoms with E-state index in [4.69, 9.17) is 34.8 Å². The molecule has 2 N–H and O–H groups in total. The van der Waals surface area contributed by atoms with E-state index >= 15 is 0 Å². The Morgan fingerprint density at radius 1 is 1.00 bits per heavy atom. The van der Waals surface area contributed by atoms with Crippen LogP contribution in [0.15, 0.2) is 36.4 Å². The van der Waals surface area contributed by atoms with Crippen molar-refractivity contribution in [3.63, 3.8) is 0 Å². The standard InChI is InChI=1S/C13H8Cl3NO2/c14-8-3-7(4-9(15)5-8)13(19)17-10-1-2-11(16)12(18)6-10/h1-6,18H,(H,17,19). The highest BCUT2D eigenvalue weighted by molar-refractivity contribution is 6.35. The Labute approximate surface area is 124 Å². The molecule has 6 heteroatoms. The molecule has 0 heterocycles. The summed E-state index contributed by atoms with van der Waals surface area (Å²) in [5.41, 5.74) is 0.745. The lowest BCUT2D eigenvalue weighted by molar-refractivity contribution is 0.102. The van der Waals surface area contributed by atoms with Crippen molar-refractivity contribution in [3.8, 4) is 5.75 Å². The maximum absolute atomic E-state index is 12.0. The van der Waals surface area contributed by atoms with Crippen molar-refractivity contribution >= 4 is 46.4 Å². The van der Waals surface area contributed by atoms with Crippen molar-refractivity contribution in [2.24, 2.45) is 0 Å². The second-order valence-corrected chi connectivity index (χ2v) is 5.06. The van der Waals surface area contributed by atoms with E-state index in [9.17, 15) is 9.90 Å². The topological polar surface area (TPSA) is 49.3 Å². The van der Waals surface area contributed by atoms with Crippen molar-refractivity contribution < 1.29 is 9.90 Å². The van der Waals surface area contributed by atoms with Gasteiger partial charge < -0.3 is 10.4 Å². The molecular weight excluding hydrogens is 309 g/mol. The van der Waals surface area contributed by atoms with Gasteiger partial charge in [0.1, 0.15) is 5.75 Å². The molecule has 0 aliphatic rings. The van der Waals surface area contributed by atoms with Crippen LogP contribution in [0.5, 0.6) is 5.75 Å². The lowest BCUT2D eigenvalue weighted by atomic mass is 10.2. The number of carbonyl (C=O) groups excluding carboxylic acids is 1. The van der Waals surface area contributed by atoms with E-state index in [2.05, 4.69) is 5.32 Å². The van der Waals surface area contributed by atoms with E-state index in [1.165, 1.54) is 30.3 Å². The third-order valence-corrected chi connectivity index (χ3v) is 3.08. The minimum Gasteiger partial charge on any atom is -0.506 e. The first-order chi connectivity index (χ1) is 8.95. The molecule has 2 aromatic rings. The number of hydrogen-bond donors (Lipinski definition) is 2. The number of anilines is 1. The van der Waals surface area contributed by atoms with Crippen LogP contribution in [-0.4, -0.2) is 11.0 Å². The summed E-state index contributed by atoms with van der Waals surface area (Å²) in [6, 6.07) is 8.95. The number of carbonyl (C=O) groups is 1. The summed E-state index contributed by atoms with van der Waals surface area (Å²) in [6.07, 6.45) is 0. The summed E-state index contributed by atoms with van der Waals surface area (Å²) in [5.74, 6) is -0.491. The fourth-order valence-corrected chi connectivity index (χ4v) is 2.12. The van der Waals surface area contributed by atoms with Crippen LogP contribution in [-0.2, 0) is 0 Å². The molecule has 2 aromatic carbocycles. The zero-order valence-electron chi connectivity index (χ0n) is 9.45. The quantitative estimate of drug-likeness (QED) is 0.850. The van der Waals surface area contributed by atoms with Crippen molar-refractivity contribution in [2.75, 3.05) is 5.32 Å². The Morgan fingerprint density at radius 2 is 1.63 bits per heavy atom. The lowest BCUT2D eigenvalue weighted by Gasteiger charge is -2.07. The zero-order chi connectivity index (χ0) is 14.0. The number of amides is 1. The molecule has 0 atom stereocenters. The first-order valence-corrected chi connectivity index (χ1v) is 6.35. The summed E-state index contributed by atoms with van der Waals surface area (Å²) in [4.78, 5) is 12.0. The second-order valence-electron chi connectivity index (χ2n) is 3.78. The van der Waals surface area contributed by atoms with Gasteiger partial charge in [-0.3, -0.25) is 4.79 Å². The summed E-state index contributed by atoms with van der Waals surface area (Å²) < 4.78 is 0. The van der Waals surface area contributed by atoms with Crippen molar-refractivity contribution in [1.29, 1.82) is 0 Å². The first kappa shape index (κ1) is 14.0. The highest BCUT2D eigenvalue weighted by atomic mass is 35.5. The normalized spacial score (nSPS) is 10.3. The summed E-state index contributed by atoms with van der Waals surface area (Å²) in [5, 5.41) is 13.0. The Bertz CT molecular complexity index is 624. The highest BCUT2D eigenvalue weighted by Crippen LogP contribution is 2.27. The number of benzene rings is 2. The van der Waals surface area contributed by atoms with E-state index in [0.717, 1.165) is 0 Å². The molecule has 0 spiro atoms. The fourth-order valence-electron chi connectivity index (χ4n) is 1.48. The number of aromatic hydroxyl groups is 1. The minimum atomic E-state index is -0.383. The van der Waals surface area contributed by atoms with Crippen LogP contribution in [0.1, 0.15) is 10.4 Å². The molecule has 0 aromatic heterocycles. The van der Waals surface area contributed by atoms with Crippen LogP contribution >= 0.6 is 34.8 Å². The van der Waals surface area contributed by atoms with E-state index in [1.54, 1.807) is 6.07 Å². The van der Waals surface area contributed by atoms with Crippen molar-refractivity contribution in [2.45, 2.75) is 0 Å². The van der Waals surface area contributed by atoms with Gasteiger partial charge >= 0.3 is 0 Å². The SMILES string of the molecule is O=C(Nc1ccc(Cl)c(O)c1)c1cc(Cl)cc(Cl)c1. The molecule has 0 saturated heterocycles. The van der Waals surface area contributed by atoms with Gasteiger partial charge in [-0.15, -0.1) is 0 Å². The van der Waals surface area contributed by atoms with Crippen molar-refractivity contribution in [1.82, 2.24) is 0 Å². The molecule has 2 rings (SSSR count). The van der Waals surface area contributed by atoms with Gasteiger partial charge in [0.25, 0.3) is 5.91 Å². The van der Waals surface area contributed by atoms with Gasteiger partial charge in [-0.25, -0.2) is 0 Å². The fraction of sp³-hybridized carbons (Fsp3) is 0. The Balaban J connectivity index is 2.22. The van der Waals surface area contributed by atoms with E-state index in [0.29, 0.717) is 21.3 Å². The van der Waals surface area contributed by atoms with Crippen LogP contribution in [0.25, 0.3) is 0 Å². The third-order valence-electron chi connectivity index (χ3n) is 2.33. The molecule has 98 valence electrons. The number of phenols is 1. The largest absolute Gasteiger partial charge is 0.506 e.